The van der Waals surface area contributed by atoms with Crippen molar-refractivity contribution in [1.82, 2.24) is 9.78 Å². The van der Waals surface area contributed by atoms with Gasteiger partial charge in [-0.15, -0.1) is 0 Å². The van der Waals surface area contributed by atoms with E-state index in [1.165, 1.54) is 0 Å². The van der Waals surface area contributed by atoms with E-state index in [9.17, 15) is 18.0 Å². The van der Waals surface area contributed by atoms with E-state index < -0.39 is 15.9 Å². The van der Waals surface area contributed by atoms with Crippen molar-refractivity contribution in [3.05, 3.63) is 78.1 Å². The van der Waals surface area contributed by atoms with Crippen molar-refractivity contribution in [1.29, 1.82) is 0 Å². The first kappa shape index (κ1) is 21.3. The van der Waals surface area contributed by atoms with Crippen LogP contribution in [0.5, 0.6) is 0 Å². The smallest absolute Gasteiger partial charge is 0.255 e. The lowest BCUT2D eigenvalue weighted by Crippen LogP contribution is -2.24. The normalized spacial score (nSPS) is 12.2. The number of aromatic nitrogens is 2. The number of anilines is 2. The lowest BCUT2D eigenvalue weighted by atomic mass is 10.1. The Morgan fingerprint density at radius 1 is 1.03 bits per heavy atom. The maximum absolute atomic E-state index is 12.6. The second-order valence-electron chi connectivity index (χ2n) is 6.96. The summed E-state index contributed by atoms with van der Waals surface area (Å²) in [5.41, 5.74) is 1.91. The third-order valence-electron chi connectivity index (χ3n) is 4.31. The molecule has 3 rings (SSSR count). The minimum atomic E-state index is -3.20. The lowest BCUT2D eigenvalue weighted by molar-refractivity contribution is -0.119. The van der Waals surface area contributed by atoms with E-state index in [0.717, 1.165) is 6.26 Å². The van der Waals surface area contributed by atoms with Crippen molar-refractivity contribution < 1.29 is 18.0 Å². The second kappa shape index (κ2) is 8.91. The summed E-state index contributed by atoms with van der Waals surface area (Å²) in [5, 5.41) is 9.62. The first-order chi connectivity index (χ1) is 14.2. The monoisotopic (exact) mass is 426 g/mol. The van der Waals surface area contributed by atoms with Crippen molar-refractivity contribution in [3.8, 4) is 0 Å². The van der Waals surface area contributed by atoms with Crippen LogP contribution in [0.4, 0.5) is 11.4 Å². The van der Waals surface area contributed by atoms with Crippen LogP contribution in [0.1, 0.15) is 28.9 Å². The number of carbonyl (C=O) groups is 2. The van der Waals surface area contributed by atoms with Crippen LogP contribution in [-0.4, -0.2) is 36.3 Å². The molecule has 0 spiro atoms. The summed E-state index contributed by atoms with van der Waals surface area (Å²) < 4.78 is 24.5. The molecule has 0 fully saturated rings. The highest BCUT2D eigenvalue weighted by Crippen LogP contribution is 2.18. The lowest BCUT2D eigenvalue weighted by Gasteiger charge is -2.13. The molecule has 30 heavy (non-hydrogen) atoms. The number of carbonyl (C=O) groups excluding carboxylic acids is 2. The summed E-state index contributed by atoms with van der Waals surface area (Å²) in [5.74, 6) is -0.751. The van der Waals surface area contributed by atoms with Gasteiger partial charge in [0, 0.05) is 35.6 Å². The van der Waals surface area contributed by atoms with Crippen LogP contribution in [0.2, 0.25) is 0 Å². The molecule has 2 N–H and O–H groups in total. The number of nitrogens with one attached hydrogen (secondary N) is 2. The van der Waals surface area contributed by atoms with Gasteiger partial charge < -0.3 is 10.6 Å². The zero-order chi connectivity index (χ0) is 21.7. The van der Waals surface area contributed by atoms with Gasteiger partial charge in [0.1, 0.15) is 6.04 Å². The molecule has 1 unspecified atom stereocenters. The molecule has 3 aromatic rings. The van der Waals surface area contributed by atoms with Gasteiger partial charge >= 0.3 is 0 Å². The van der Waals surface area contributed by atoms with E-state index in [0.29, 0.717) is 22.5 Å². The van der Waals surface area contributed by atoms with Gasteiger partial charge in [0.15, 0.2) is 9.84 Å². The predicted octanol–water partition coefficient (Wildman–Crippen LogP) is 2.88. The van der Waals surface area contributed by atoms with Crippen molar-refractivity contribution in [2.45, 2.75) is 18.7 Å². The summed E-state index contributed by atoms with van der Waals surface area (Å²) in [6, 6.07) is 14.5. The minimum Gasteiger partial charge on any atom is -0.324 e. The summed E-state index contributed by atoms with van der Waals surface area (Å²) in [4.78, 5) is 25.0. The molecule has 0 aliphatic carbocycles. The van der Waals surface area contributed by atoms with Gasteiger partial charge in [-0.1, -0.05) is 18.2 Å². The molecular formula is C21H22N4O4S. The van der Waals surface area contributed by atoms with Crippen molar-refractivity contribution in [3.63, 3.8) is 0 Å². The highest BCUT2D eigenvalue weighted by molar-refractivity contribution is 7.89. The first-order valence-electron chi connectivity index (χ1n) is 9.19. The van der Waals surface area contributed by atoms with E-state index >= 15 is 0 Å². The van der Waals surface area contributed by atoms with Gasteiger partial charge in [-0.05, 0) is 48.9 Å². The first-order valence-corrected chi connectivity index (χ1v) is 11.3. The van der Waals surface area contributed by atoms with Crippen LogP contribution >= 0.6 is 0 Å². The molecule has 1 atom stereocenters. The standard InChI is InChI=1S/C21H22N4O4S/c1-15(25-11-5-10-22-25)20(26)23-18-8-4-9-19(13-18)24-21(27)17-7-3-6-16(12-17)14-30(2,28)29/h3-13,15H,14H2,1-2H3,(H,23,26)(H,24,27). The van der Waals surface area contributed by atoms with Crippen LogP contribution in [0, 0.1) is 0 Å². The van der Waals surface area contributed by atoms with Gasteiger partial charge in [-0.2, -0.15) is 5.10 Å². The topological polar surface area (TPSA) is 110 Å². The molecule has 0 saturated carbocycles. The molecule has 0 radical (unpaired) electrons. The Kier molecular flexibility index (Phi) is 6.31. The molecule has 9 heteroatoms. The van der Waals surface area contributed by atoms with Crippen LogP contribution in [0.25, 0.3) is 0 Å². The molecular weight excluding hydrogens is 404 g/mol. The molecule has 1 heterocycles. The van der Waals surface area contributed by atoms with E-state index in [-0.39, 0.29) is 17.6 Å². The molecule has 2 amide bonds. The third kappa shape index (κ3) is 5.77. The van der Waals surface area contributed by atoms with Crippen LogP contribution in [0.15, 0.2) is 67.0 Å². The van der Waals surface area contributed by atoms with Crippen LogP contribution in [0.3, 0.4) is 0 Å². The molecule has 156 valence electrons. The quantitative estimate of drug-likeness (QED) is 0.604. The van der Waals surface area contributed by atoms with Gasteiger partial charge in [-0.3, -0.25) is 14.3 Å². The average Bonchev–Trinajstić information content (AvgIpc) is 3.21. The molecule has 2 aromatic carbocycles. The maximum Gasteiger partial charge on any atom is 0.255 e. The van der Waals surface area contributed by atoms with E-state index in [4.69, 9.17) is 0 Å². The molecule has 0 saturated heterocycles. The number of rotatable bonds is 7. The fourth-order valence-corrected chi connectivity index (χ4v) is 3.64. The molecule has 8 nitrogen and oxygen atoms in total. The van der Waals surface area contributed by atoms with Gasteiger partial charge in [0.25, 0.3) is 5.91 Å². The summed E-state index contributed by atoms with van der Waals surface area (Å²) in [7, 11) is -3.20. The number of hydrogen-bond acceptors (Lipinski definition) is 5. The van der Waals surface area contributed by atoms with E-state index in [1.54, 1.807) is 78.6 Å². The van der Waals surface area contributed by atoms with Crippen LogP contribution < -0.4 is 10.6 Å². The summed E-state index contributed by atoms with van der Waals surface area (Å²) in [6.45, 7) is 1.73. The highest BCUT2D eigenvalue weighted by Gasteiger charge is 2.15. The zero-order valence-corrected chi connectivity index (χ0v) is 17.4. The molecule has 1 aromatic heterocycles. The Morgan fingerprint density at radius 3 is 2.40 bits per heavy atom. The Bertz CT molecular complexity index is 1160. The molecule has 0 bridgehead atoms. The second-order valence-corrected chi connectivity index (χ2v) is 9.10. The number of sulfone groups is 1. The van der Waals surface area contributed by atoms with Crippen molar-refractivity contribution in [2.75, 3.05) is 16.9 Å². The summed E-state index contributed by atoms with van der Waals surface area (Å²) in [6.07, 6.45) is 4.45. The third-order valence-corrected chi connectivity index (χ3v) is 5.16. The van der Waals surface area contributed by atoms with Crippen molar-refractivity contribution >= 4 is 33.0 Å². The largest absolute Gasteiger partial charge is 0.324 e. The minimum absolute atomic E-state index is 0.135. The number of benzene rings is 2. The fraction of sp³-hybridized carbons (Fsp3) is 0.190. The van der Waals surface area contributed by atoms with Gasteiger partial charge in [0.05, 0.1) is 5.75 Å². The molecule has 0 aliphatic heterocycles. The fourth-order valence-electron chi connectivity index (χ4n) is 2.86. The SMILES string of the molecule is CC(C(=O)Nc1cccc(NC(=O)c2cccc(CS(C)(=O)=O)c2)c1)n1cccn1. The van der Waals surface area contributed by atoms with Crippen molar-refractivity contribution in [2.24, 2.45) is 0 Å². The number of hydrogen-bond donors (Lipinski definition) is 2. The highest BCUT2D eigenvalue weighted by atomic mass is 32.2. The molecule has 0 aliphatic rings. The predicted molar refractivity (Wildman–Crippen MR) is 115 cm³/mol. The number of nitrogens with zero attached hydrogens (tertiary/aromatic N) is 2. The Morgan fingerprint density at radius 2 is 1.73 bits per heavy atom. The summed E-state index contributed by atoms with van der Waals surface area (Å²) >= 11 is 0. The average molecular weight is 426 g/mol. The number of amides is 2. The van der Waals surface area contributed by atoms with Crippen LogP contribution in [-0.2, 0) is 20.4 Å². The Hall–Kier alpha value is -3.46. The Labute approximate surface area is 174 Å². The van der Waals surface area contributed by atoms with Gasteiger partial charge in [-0.25, -0.2) is 8.42 Å². The zero-order valence-electron chi connectivity index (χ0n) is 16.6. The van der Waals surface area contributed by atoms with E-state index in [1.807, 2.05) is 0 Å². The Balaban J connectivity index is 1.68. The maximum atomic E-state index is 12.6. The van der Waals surface area contributed by atoms with E-state index in [2.05, 4.69) is 15.7 Å². The van der Waals surface area contributed by atoms with Gasteiger partial charge in [0.2, 0.25) is 5.91 Å².